The van der Waals surface area contributed by atoms with Crippen molar-refractivity contribution >= 4 is 40.9 Å². The fourth-order valence-electron chi connectivity index (χ4n) is 2.49. The normalized spacial score (nSPS) is 11.8. The summed E-state index contributed by atoms with van der Waals surface area (Å²) in [7, 11) is 0. The summed E-state index contributed by atoms with van der Waals surface area (Å²) in [4.78, 5) is 27.8. The van der Waals surface area contributed by atoms with Gasteiger partial charge in [-0.15, -0.1) is 11.8 Å². The maximum atomic E-state index is 12.5. The predicted octanol–water partition coefficient (Wildman–Crippen LogP) is 4.61. The van der Waals surface area contributed by atoms with Crippen molar-refractivity contribution in [3.8, 4) is 0 Å². The zero-order valence-corrected chi connectivity index (χ0v) is 16.5. The van der Waals surface area contributed by atoms with Crippen molar-refractivity contribution in [1.29, 1.82) is 0 Å². The van der Waals surface area contributed by atoms with Gasteiger partial charge in [0, 0.05) is 34.4 Å². The molecule has 1 aromatic heterocycles. The van der Waals surface area contributed by atoms with Gasteiger partial charge in [-0.2, -0.15) is 0 Å². The van der Waals surface area contributed by atoms with Crippen LogP contribution in [0.4, 0.5) is 11.6 Å². The van der Waals surface area contributed by atoms with Gasteiger partial charge in [-0.25, -0.2) is 4.98 Å². The van der Waals surface area contributed by atoms with E-state index in [-0.39, 0.29) is 11.6 Å². The summed E-state index contributed by atoms with van der Waals surface area (Å²) in [5, 5.41) is 13.8. The highest BCUT2D eigenvalue weighted by Gasteiger charge is 2.17. The van der Waals surface area contributed by atoms with Crippen molar-refractivity contribution in [3.63, 3.8) is 0 Å². The molecule has 2 aromatic carbocycles. The van der Waals surface area contributed by atoms with E-state index in [0.29, 0.717) is 17.5 Å². The molecule has 1 amide bonds. The lowest BCUT2D eigenvalue weighted by Crippen LogP contribution is -2.24. The molecule has 7 nitrogen and oxygen atoms in total. The summed E-state index contributed by atoms with van der Waals surface area (Å²) in [5.41, 5.74) is 0.939. The molecule has 28 heavy (non-hydrogen) atoms. The Bertz CT molecular complexity index is 991. The SMILES string of the molecule is C[C@@H](Sc1ccc([N+](=O)[O-])cc1)C(=O)Nc1nccn1Cc1ccccc1Cl. The molecule has 0 aliphatic carbocycles. The Kier molecular flexibility index (Phi) is 6.33. The van der Waals surface area contributed by atoms with Crippen LogP contribution in [0.3, 0.4) is 0 Å². The lowest BCUT2D eigenvalue weighted by molar-refractivity contribution is -0.384. The lowest BCUT2D eigenvalue weighted by atomic mass is 10.2. The van der Waals surface area contributed by atoms with Gasteiger partial charge in [0.05, 0.1) is 16.7 Å². The highest BCUT2D eigenvalue weighted by molar-refractivity contribution is 8.00. The molecule has 0 radical (unpaired) electrons. The standard InChI is InChI=1S/C19H17ClN4O3S/c1-13(28-16-8-6-15(7-9-16)24(26)27)18(25)22-19-21-10-11-23(19)12-14-4-2-3-5-17(14)20/h2-11,13H,12H2,1H3,(H,21,22,25)/t13-/m1/s1. The molecular weight excluding hydrogens is 400 g/mol. The Labute approximate surface area is 170 Å². The Balaban J connectivity index is 1.64. The number of nitro benzene ring substituents is 1. The second-order valence-corrected chi connectivity index (χ2v) is 7.79. The predicted molar refractivity (Wildman–Crippen MR) is 110 cm³/mol. The first-order valence-corrected chi connectivity index (χ1v) is 9.66. The van der Waals surface area contributed by atoms with Crippen LogP contribution in [0.2, 0.25) is 5.02 Å². The number of hydrogen-bond acceptors (Lipinski definition) is 5. The minimum absolute atomic E-state index is 0.0167. The minimum atomic E-state index is -0.455. The number of carbonyl (C=O) groups is 1. The first kappa shape index (κ1) is 19.9. The zero-order chi connectivity index (χ0) is 20.1. The molecule has 1 heterocycles. The van der Waals surface area contributed by atoms with E-state index in [1.54, 1.807) is 31.5 Å². The molecule has 0 fully saturated rings. The van der Waals surface area contributed by atoms with E-state index in [2.05, 4.69) is 10.3 Å². The van der Waals surface area contributed by atoms with Crippen LogP contribution in [0.1, 0.15) is 12.5 Å². The molecule has 0 spiro atoms. The number of anilines is 1. The monoisotopic (exact) mass is 416 g/mol. The summed E-state index contributed by atoms with van der Waals surface area (Å²) in [6.45, 7) is 2.25. The number of halogens is 1. The largest absolute Gasteiger partial charge is 0.313 e. The first-order valence-electron chi connectivity index (χ1n) is 8.40. The average molecular weight is 417 g/mol. The topological polar surface area (TPSA) is 90.1 Å². The van der Waals surface area contributed by atoms with Crippen molar-refractivity contribution in [3.05, 3.63) is 81.6 Å². The summed E-state index contributed by atoms with van der Waals surface area (Å²) in [6.07, 6.45) is 3.38. The van der Waals surface area contributed by atoms with Crippen molar-refractivity contribution in [1.82, 2.24) is 9.55 Å². The number of thioether (sulfide) groups is 1. The number of aromatic nitrogens is 2. The lowest BCUT2D eigenvalue weighted by Gasteiger charge is -2.13. The smallest absolute Gasteiger partial charge is 0.269 e. The van der Waals surface area contributed by atoms with Gasteiger partial charge in [0.25, 0.3) is 5.69 Å². The Morgan fingerprint density at radius 1 is 1.29 bits per heavy atom. The Morgan fingerprint density at radius 3 is 2.68 bits per heavy atom. The number of non-ortho nitro benzene ring substituents is 1. The number of carbonyl (C=O) groups excluding carboxylic acids is 1. The summed E-state index contributed by atoms with van der Waals surface area (Å²) >= 11 is 7.52. The van der Waals surface area contributed by atoms with E-state index in [4.69, 9.17) is 11.6 Å². The second kappa shape index (κ2) is 8.90. The maximum absolute atomic E-state index is 12.5. The third kappa shape index (κ3) is 4.90. The van der Waals surface area contributed by atoms with Crippen LogP contribution in [0.25, 0.3) is 0 Å². The fraction of sp³-hybridized carbons (Fsp3) is 0.158. The summed E-state index contributed by atoms with van der Waals surface area (Å²) < 4.78 is 1.81. The van der Waals surface area contributed by atoms with E-state index in [1.165, 1.54) is 23.9 Å². The number of nitrogens with zero attached hydrogens (tertiary/aromatic N) is 3. The third-order valence-corrected chi connectivity index (χ3v) is 5.46. The van der Waals surface area contributed by atoms with E-state index in [0.717, 1.165) is 10.5 Å². The van der Waals surface area contributed by atoms with Crippen molar-refractivity contribution < 1.29 is 9.72 Å². The molecule has 0 aliphatic heterocycles. The number of nitrogens with one attached hydrogen (secondary N) is 1. The molecule has 0 bridgehead atoms. The molecule has 3 rings (SSSR count). The third-order valence-electron chi connectivity index (χ3n) is 3.98. The van der Waals surface area contributed by atoms with Crippen LogP contribution in [-0.2, 0) is 11.3 Å². The molecule has 3 aromatic rings. The van der Waals surface area contributed by atoms with E-state index < -0.39 is 10.2 Å². The van der Waals surface area contributed by atoms with Gasteiger partial charge in [0.15, 0.2) is 0 Å². The second-order valence-electron chi connectivity index (χ2n) is 5.97. The van der Waals surface area contributed by atoms with Crippen molar-refractivity contribution in [2.75, 3.05) is 5.32 Å². The number of hydrogen-bond donors (Lipinski definition) is 1. The van der Waals surface area contributed by atoms with Gasteiger partial charge < -0.3 is 4.57 Å². The molecule has 0 saturated carbocycles. The van der Waals surface area contributed by atoms with Crippen LogP contribution in [0.5, 0.6) is 0 Å². The zero-order valence-electron chi connectivity index (χ0n) is 14.9. The van der Waals surface area contributed by atoms with Crippen LogP contribution >= 0.6 is 23.4 Å². The fourth-order valence-corrected chi connectivity index (χ4v) is 3.55. The van der Waals surface area contributed by atoms with Gasteiger partial charge in [-0.1, -0.05) is 29.8 Å². The molecule has 0 aliphatic rings. The van der Waals surface area contributed by atoms with Gasteiger partial charge >= 0.3 is 0 Å². The van der Waals surface area contributed by atoms with Crippen LogP contribution in [0, 0.1) is 10.1 Å². The van der Waals surface area contributed by atoms with Gasteiger partial charge in [-0.05, 0) is 30.7 Å². The number of benzene rings is 2. The molecule has 1 N–H and O–H groups in total. The van der Waals surface area contributed by atoms with E-state index >= 15 is 0 Å². The molecule has 1 atom stereocenters. The summed E-state index contributed by atoms with van der Waals surface area (Å²) in [6, 6.07) is 13.6. The number of rotatable bonds is 7. The van der Waals surface area contributed by atoms with Gasteiger partial charge in [0.2, 0.25) is 11.9 Å². The molecular formula is C19H17ClN4O3S. The highest BCUT2D eigenvalue weighted by Crippen LogP contribution is 2.26. The Hall–Kier alpha value is -2.84. The Morgan fingerprint density at radius 2 is 2.00 bits per heavy atom. The van der Waals surface area contributed by atoms with E-state index in [9.17, 15) is 14.9 Å². The molecule has 144 valence electrons. The van der Waals surface area contributed by atoms with Crippen molar-refractivity contribution in [2.45, 2.75) is 23.6 Å². The number of nitro groups is 1. The minimum Gasteiger partial charge on any atom is -0.313 e. The van der Waals surface area contributed by atoms with Crippen LogP contribution in [0.15, 0.2) is 65.8 Å². The van der Waals surface area contributed by atoms with Crippen molar-refractivity contribution in [2.24, 2.45) is 0 Å². The maximum Gasteiger partial charge on any atom is 0.269 e. The highest BCUT2D eigenvalue weighted by atomic mass is 35.5. The molecule has 9 heteroatoms. The molecule has 0 unspecified atom stereocenters. The first-order chi connectivity index (χ1) is 13.4. The summed E-state index contributed by atoms with van der Waals surface area (Å²) in [5.74, 6) is 0.219. The van der Waals surface area contributed by atoms with E-state index in [1.807, 2.05) is 28.8 Å². The molecule has 0 saturated heterocycles. The van der Waals surface area contributed by atoms with Crippen LogP contribution < -0.4 is 5.32 Å². The average Bonchev–Trinajstić information content (AvgIpc) is 3.10. The van der Waals surface area contributed by atoms with Crippen LogP contribution in [-0.4, -0.2) is 25.6 Å². The van der Waals surface area contributed by atoms with Gasteiger partial charge in [-0.3, -0.25) is 20.2 Å². The van der Waals surface area contributed by atoms with Gasteiger partial charge in [0.1, 0.15) is 0 Å². The quantitative estimate of drug-likeness (QED) is 0.345. The number of amides is 1. The number of imidazole rings is 1.